The van der Waals surface area contributed by atoms with Crippen molar-refractivity contribution in [3.63, 3.8) is 0 Å². The Bertz CT molecular complexity index is 683. The fourth-order valence-corrected chi connectivity index (χ4v) is 2.55. The first-order chi connectivity index (χ1) is 11.4. The van der Waals surface area contributed by atoms with Crippen molar-refractivity contribution < 1.29 is 38.5 Å². The fraction of sp³-hybridized carbons (Fsp3) is 0.467. The van der Waals surface area contributed by atoms with Crippen LogP contribution >= 0.6 is 10.2 Å². The van der Waals surface area contributed by atoms with Gasteiger partial charge < -0.3 is 14.8 Å². The molecule has 0 fully saturated rings. The number of methoxy groups -OCH3 is 1. The van der Waals surface area contributed by atoms with Gasteiger partial charge in [-0.05, 0) is 38.5 Å². The van der Waals surface area contributed by atoms with E-state index in [1.165, 1.54) is 0 Å². The van der Waals surface area contributed by atoms with E-state index < -0.39 is 38.8 Å². The average molecular weight is 405 g/mol. The molecular weight excluding hydrogens is 385 g/mol. The van der Waals surface area contributed by atoms with E-state index in [-0.39, 0.29) is 24.1 Å². The average Bonchev–Trinajstić information content (AvgIpc) is 2.41. The van der Waals surface area contributed by atoms with Crippen LogP contribution in [-0.4, -0.2) is 30.8 Å². The zero-order valence-electron chi connectivity index (χ0n) is 14.5. The van der Waals surface area contributed by atoms with E-state index in [1.54, 1.807) is 20.8 Å². The number of halogens is 5. The summed E-state index contributed by atoms with van der Waals surface area (Å²) in [6.45, 7) is 4.79. The largest absolute Gasteiger partial charge is 0.467 e. The van der Waals surface area contributed by atoms with Gasteiger partial charge in [-0.2, -0.15) is 0 Å². The van der Waals surface area contributed by atoms with Crippen LogP contribution in [0.5, 0.6) is 0 Å². The van der Waals surface area contributed by atoms with Crippen molar-refractivity contribution >= 4 is 22.3 Å². The highest BCUT2D eigenvalue weighted by Crippen LogP contribution is 3.02. The molecule has 0 saturated heterocycles. The summed E-state index contributed by atoms with van der Waals surface area (Å²) in [5.74, 6) is -0.868. The third-order valence-corrected chi connectivity index (χ3v) is 4.15. The van der Waals surface area contributed by atoms with Crippen molar-refractivity contribution in [2.24, 2.45) is 0 Å². The molecule has 1 rings (SSSR count). The second kappa shape index (κ2) is 6.29. The van der Waals surface area contributed by atoms with Crippen LogP contribution in [-0.2, 0) is 20.7 Å². The molecule has 26 heavy (non-hydrogen) atoms. The van der Waals surface area contributed by atoms with Gasteiger partial charge in [0.15, 0.2) is 0 Å². The van der Waals surface area contributed by atoms with Crippen LogP contribution < -0.4 is 5.32 Å². The van der Waals surface area contributed by atoms with E-state index in [0.29, 0.717) is 0 Å². The van der Waals surface area contributed by atoms with Gasteiger partial charge in [0.05, 0.1) is 7.11 Å². The highest BCUT2D eigenvalue weighted by atomic mass is 32.5. The van der Waals surface area contributed by atoms with E-state index in [1.807, 2.05) is 0 Å². The van der Waals surface area contributed by atoms with Crippen molar-refractivity contribution in [1.82, 2.24) is 5.32 Å². The zero-order chi connectivity index (χ0) is 20.5. The molecule has 11 heteroatoms. The Morgan fingerprint density at radius 1 is 1.08 bits per heavy atom. The second-order valence-electron chi connectivity index (χ2n) is 6.54. The molecule has 0 aliphatic heterocycles. The molecule has 0 saturated carbocycles. The lowest BCUT2D eigenvalue weighted by Crippen LogP contribution is -2.45. The number of carbonyl (C=O) groups is 2. The van der Waals surface area contributed by atoms with Gasteiger partial charge in [0.25, 0.3) is 0 Å². The summed E-state index contributed by atoms with van der Waals surface area (Å²) in [4.78, 5) is 21.5. The summed E-state index contributed by atoms with van der Waals surface area (Å²) in [6, 6.07) is 0.817. The van der Waals surface area contributed by atoms with Crippen LogP contribution in [0.4, 0.5) is 24.2 Å². The lowest BCUT2D eigenvalue weighted by atomic mass is 10.1. The van der Waals surface area contributed by atoms with E-state index in [4.69, 9.17) is 4.74 Å². The van der Waals surface area contributed by atoms with Gasteiger partial charge in [-0.1, -0.05) is 31.6 Å². The van der Waals surface area contributed by atoms with Gasteiger partial charge in [-0.3, -0.25) is 0 Å². The summed E-state index contributed by atoms with van der Waals surface area (Å²) in [5, 5.41) is 2.23. The smallest absolute Gasteiger partial charge is 0.408 e. The topological polar surface area (TPSA) is 64.6 Å². The predicted molar refractivity (Wildman–Crippen MR) is 86.7 cm³/mol. The number of esters is 1. The number of benzene rings is 1. The molecule has 5 nitrogen and oxygen atoms in total. The van der Waals surface area contributed by atoms with Gasteiger partial charge in [0.2, 0.25) is 0 Å². The molecule has 0 radical (unpaired) electrons. The van der Waals surface area contributed by atoms with Crippen LogP contribution in [0.1, 0.15) is 26.3 Å². The van der Waals surface area contributed by atoms with Gasteiger partial charge >= 0.3 is 22.3 Å². The molecule has 1 N–H and O–H groups in total. The van der Waals surface area contributed by atoms with E-state index >= 15 is 0 Å². The number of hydrogen-bond donors (Lipinski definition) is 1. The van der Waals surface area contributed by atoms with Gasteiger partial charge in [-0.25, -0.2) is 9.59 Å². The van der Waals surface area contributed by atoms with Crippen LogP contribution in [0, 0.1) is 0 Å². The number of ether oxygens (including phenoxy) is 2. The molecule has 0 aliphatic rings. The first kappa shape index (κ1) is 22.0. The number of amides is 1. The molecule has 0 aromatic heterocycles. The van der Waals surface area contributed by atoms with Gasteiger partial charge in [0, 0.05) is 6.42 Å². The lowest BCUT2D eigenvalue weighted by Gasteiger charge is -2.40. The number of alkyl carbamates (subject to hydrolysis) is 1. The maximum absolute atomic E-state index is 12.7. The van der Waals surface area contributed by atoms with Crippen LogP contribution in [0.25, 0.3) is 0 Å². The molecule has 150 valence electrons. The van der Waals surface area contributed by atoms with Crippen molar-refractivity contribution in [2.75, 3.05) is 7.11 Å². The second-order valence-corrected chi connectivity index (χ2v) is 8.95. The summed E-state index contributed by atoms with van der Waals surface area (Å²) in [6.07, 6.45) is -1.21. The van der Waals surface area contributed by atoms with Gasteiger partial charge in [-0.15, -0.1) is 0 Å². The third-order valence-electron chi connectivity index (χ3n) is 2.99. The van der Waals surface area contributed by atoms with Crippen LogP contribution in [0.15, 0.2) is 29.2 Å². The predicted octanol–water partition coefficient (Wildman–Crippen LogP) is 4.95. The molecule has 0 aliphatic carbocycles. The minimum Gasteiger partial charge on any atom is -0.467 e. The van der Waals surface area contributed by atoms with E-state index in [2.05, 4.69) is 10.1 Å². The fourth-order valence-electron chi connectivity index (χ4n) is 1.90. The minimum atomic E-state index is -9.77. The van der Waals surface area contributed by atoms with Gasteiger partial charge in [0.1, 0.15) is 16.5 Å². The van der Waals surface area contributed by atoms with Crippen molar-refractivity contribution in [2.45, 2.75) is 43.7 Å². The third kappa shape index (κ3) is 7.06. The molecule has 1 aromatic rings. The summed E-state index contributed by atoms with van der Waals surface area (Å²) < 4.78 is 73.0. The molecule has 0 bridgehead atoms. The minimum absolute atomic E-state index is 0.113. The Hall–Kier alpha value is -2.04. The monoisotopic (exact) mass is 405 g/mol. The Morgan fingerprint density at radius 3 is 1.96 bits per heavy atom. The van der Waals surface area contributed by atoms with Crippen molar-refractivity contribution in [3.05, 3.63) is 29.8 Å². The standard InChI is InChI=1S/C15H20F5NO4S/c1-15(2,3)25-14(23)21-12(13(22)24-4)9-10-5-7-11(8-6-10)26(16,17,18,19)20/h5-8,12H,9H2,1-4H3,(H,21,23)/t12-/m1/s1. The molecule has 1 atom stereocenters. The van der Waals surface area contributed by atoms with Crippen LogP contribution in [0.3, 0.4) is 0 Å². The zero-order valence-corrected chi connectivity index (χ0v) is 15.3. The first-order valence-corrected chi connectivity index (χ1v) is 9.27. The Kier molecular flexibility index (Phi) is 5.32. The molecule has 0 unspecified atom stereocenters. The number of rotatable bonds is 5. The normalized spacial score (nSPS) is 16.0. The highest BCUT2D eigenvalue weighted by Gasteiger charge is 2.65. The molecule has 0 heterocycles. The maximum Gasteiger partial charge on any atom is 0.408 e. The van der Waals surface area contributed by atoms with E-state index in [0.717, 1.165) is 19.2 Å². The summed E-state index contributed by atoms with van der Waals surface area (Å²) in [5.41, 5.74) is -0.726. The molecule has 1 amide bonds. The van der Waals surface area contributed by atoms with Crippen LogP contribution in [0.2, 0.25) is 0 Å². The quantitative estimate of drug-likeness (QED) is 0.556. The Balaban J connectivity index is 2.96. The molecular formula is C15H20F5NO4S. The maximum atomic E-state index is 12.7. The Labute approximate surface area is 147 Å². The number of carbonyl (C=O) groups excluding carboxylic acids is 2. The Morgan fingerprint density at radius 2 is 1.58 bits per heavy atom. The summed E-state index contributed by atoms with van der Waals surface area (Å²) >= 11 is 0. The number of nitrogens with one attached hydrogen (secondary N) is 1. The van der Waals surface area contributed by atoms with E-state index in [9.17, 15) is 29.0 Å². The molecule has 1 aromatic carbocycles. The number of hydrogen-bond acceptors (Lipinski definition) is 4. The van der Waals surface area contributed by atoms with Crippen molar-refractivity contribution in [3.8, 4) is 0 Å². The highest BCUT2D eigenvalue weighted by molar-refractivity contribution is 8.45. The first-order valence-electron chi connectivity index (χ1n) is 7.32. The lowest BCUT2D eigenvalue weighted by molar-refractivity contribution is -0.143. The SMILES string of the molecule is COC(=O)[C@@H](Cc1ccc(S(F)(F)(F)(F)F)cc1)NC(=O)OC(C)(C)C. The van der Waals surface area contributed by atoms with Crippen molar-refractivity contribution in [1.29, 1.82) is 0 Å². The summed E-state index contributed by atoms with van der Waals surface area (Å²) in [7, 11) is -8.71. The molecule has 0 spiro atoms.